The monoisotopic (exact) mass is 214 g/mol. The van der Waals surface area contributed by atoms with Gasteiger partial charge in [0.25, 0.3) is 0 Å². The molecule has 0 unspecified atom stereocenters. The first-order chi connectivity index (χ1) is 7.86. The van der Waals surface area contributed by atoms with E-state index in [1.165, 1.54) is 0 Å². The van der Waals surface area contributed by atoms with Crippen LogP contribution in [0.1, 0.15) is 13.3 Å². The van der Waals surface area contributed by atoms with Gasteiger partial charge in [-0.3, -0.25) is 0 Å². The lowest BCUT2D eigenvalue weighted by Gasteiger charge is -2.08. The van der Waals surface area contributed by atoms with Gasteiger partial charge >= 0.3 is 0 Å². The Morgan fingerprint density at radius 3 is 2.75 bits per heavy atom. The fourth-order valence-corrected chi connectivity index (χ4v) is 1.76. The topological polar surface area (TPSA) is 41.5 Å². The van der Waals surface area contributed by atoms with E-state index >= 15 is 0 Å². The predicted molar refractivity (Wildman–Crippen MR) is 68.2 cm³/mol. The van der Waals surface area contributed by atoms with Gasteiger partial charge in [0.15, 0.2) is 0 Å². The fourth-order valence-electron chi connectivity index (χ4n) is 1.76. The average molecular weight is 214 g/mol. The molecule has 0 heterocycles. The lowest BCUT2D eigenvalue weighted by atomic mass is 10.1. The number of nitroso groups, excluding NO2 is 1. The molecule has 0 bridgehead atoms. The number of nitrogens with zero attached hydrogens (tertiary/aromatic N) is 1. The van der Waals surface area contributed by atoms with Crippen LogP contribution in [0, 0.1) is 4.91 Å². The van der Waals surface area contributed by atoms with Crippen molar-refractivity contribution in [3.05, 3.63) is 41.3 Å². The molecule has 0 spiro atoms. The number of fused-ring (bicyclic) bond motifs is 1. The Bertz CT molecular complexity index is 508. The van der Waals surface area contributed by atoms with Crippen molar-refractivity contribution in [2.75, 3.05) is 11.9 Å². The van der Waals surface area contributed by atoms with Crippen LogP contribution in [0.3, 0.4) is 0 Å². The van der Waals surface area contributed by atoms with Gasteiger partial charge in [-0.15, -0.1) is 4.91 Å². The van der Waals surface area contributed by atoms with E-state index in [4.69, 9.17) is 0 Å². The number of nitrogens with one attached hydrogen (secondary N) is 1. The Balaban J connectivity index is 2.54. The molecule has 1 N–H and O–H groups in total. The zero-order chi connectivity index (χ0) is 11.4. The van der Waals surface area contributed by atoms with Crippen LogP contribution in [0.2, 0.25) is 0 Å². The van der Waals surface area contributed by atoms with Crippen molar-refractivity contribution in [3.63, 3.8) is 0 Å². The lowest BCUT2D eigenvalue weighted by molar-refractivity contribution is 0.980. The Morgan fingerprint density at radius 1 is 1.19 bits per heavy atom. The van der Waals surface area contributed by atoms with E-state index in [9.17, 15) is 4.91 Å². The molecule has 2 aromatic carbocycles. The van der Waals surface area contributed by atoms with Gasteiger partial charge in [0, 0.05) is 11.9 Å². The predicted octanol–water partition coefficient (Wildman–Crippen LogP) is 4.06. The first-order valence-corrected chi connectivity index (χ1v) is 5.45. The summed E-state index contributed by atoms with van der Waals surface area (Å²) in [6.07, 6.45) is 1.02. The number of benzene rings is 2. The van der Waals surface area contributed by atoms with E-state index in [2.05, 4.69) is 17.4 Å². The summed E-state index contributed by atoms with van der Waals surface area (Å²) in [5.74, 6) is 0. The molecule has 0 aliphatic carbocycles. The van der Waals surface area contributed by atoms with Crippen molar-refractivity contribution >= 4 is 22.1 Å². The minimum atomic E-state index is 0.506. The molecule has 0 amide bonds. The number of hydrogen-bond acceptors (Lipinski definition) is 3. The summed E-state index contributed by atoms with van der Waals surface area (Å²) < 4.78 is 0. The molecular weight excluding hydrogens is 200 g/mol. The Labute approximate surface area is 94.5 Å². The van der Waals surface area contributed by atoms with Crippen LogP contribution >= 0.6 is 0 Å². The van der Waals surface area contributed by atoms with Crippen molar-refractivity contribution in [2.45, 2.75) is 13.3 Å². The highest BCUT2D eigenvalue weighted by atomic mass is 16.3. The minimum Gasteiger partial charge on any atom is -0.383 e. The minimum absolute atomic E-state index is 0.506. The highest BCUT2D eigenvalue weighted by Crippen LogP contribution is 2.33. The van der Waals surface area contributed by atoms with Gasteiger partial charge in [-0.2, -0.15) is 0 Å². The first kappa shape index (κ1) is 10.6. The highest BCUT2D eigenvalue weighted by Gasteiger charge is 2.06. The standard InChI is InChI=1S/C13H14N2O/c1-2-9-14-12-8-7-10-5-3-4-6-11(10)13(12)15-16/h3-8,14H,2,9H2,1H3. The van der Waals surface area contributed by atoms with E-state index in [-0.39, 0.29) is 0 Å². The molecule has 2 rings (SSSR count). The Kier molecular flexibility index (Phi) is 3.15. The van der Waals surface area contributed by atoms with Crippen molar-refractivity contribution < 1.29 is 0 Å². The molecule has 0 aromatic heterocycles. The van der Waals surface area contributed by atoms with Gasteiger partial charge in [0.1, 0.15) is 5.69 Å². The van der Waals surface area contributed by atoms with Crippen LogP contribution < -0.4 is 5.32 Å². The summed E-state index contributed by atoms with van der Waals surface area (Å²) in [6, 6.07) is 11.7. The number of rotatable bonds is 4. The molecular formula is C13H14N2O. The molecule has 2 aromatic rings. The van der Waals surface area contributed by atoms with Gasteiger partial charge in [0.05, 0.1) is 5.69 Å². The van der Waals surface area contributed by atoms with Crippen LogP contribution in [0.25, 0.3) is 10.8 Å². The zero-order valence-corrected chi connectivity index (χ0v) is 9.23. The summed E-state index contributed by atoms with van der Waals surface area (Å²) in [5, 5.41) is 8.29. The molecule has 3 nitrogen and oxygen atoms in total. The van der Waals surface area contributed by atoms with Crippen LogP contribution in [0.4, 0.5) is 11.4 Å². The van der Waals surface area contributed by atoms with Crippen molar-refractivity contribution in [1.82, 2.24) is 0 Å². The van der Waals surface area contributed by atoms with Gasteiger partial charge < -0.3 is 5.32 Å². The smallest absolute Gasteiger partial charge is 0.138 e. The van der Waals surface area contributed by atoms with Crippen molar-refractivity contribution in [1.29, 1.82) is 0 Å². The molecule has 0 radical (unpaired) electrons. The highest BCUT2D eigenvalue weighted by molar-refractivity contribution is 5.98. The normalized spacial score (nSPS) is 10.3. The van der Waals surface area contributed by atoms with E-state index in [0.717, 1.165) is 29.4 Å². The molecule has 16 heavy (non-hydrogen) atoms. The summed E-state index contributed by atoms with van der Waals surface area (Å²) in [5.41, 5.74) is 1.32. The largest absolute Gasteiger partial charge is 0.383 e. The van der Waals surface area contributed by atoms with Gasteiger partial charge in [-0.1, -0.05) is 37.3 Å². The van der Waals surface area contributed by atoms with Crippen LogP contribution in [0.5, 0.6) is 0 Å². The van der Waals surface area contributed by atoms with Gasteiger partial charge in [-0.25, -0.2) is 0 Å². The summed E-state index contributed by atoms with van der Waals surface area (Å²) in [4.78, 5) is 10.9. The summed E-state index contributed by atoms with van der Waals surface area (Å²) in [6.45, 7) is 2.93. The number of anilines is 1. The van der Waals surface area contributed by atoms with Crippen LogP contribution in [-0.4, -0.2) is 6.54 Å². The molecule has 0 atom stereocenters. The van der Waals surface area contributed by atoms with Crippen LogP contribution in [0.15, 0.2) is 41.6 Å². The molecule has 3 heteroatoms. The molecule has 0 aliphatic heterocycles. The van der Waals surface area contributed by atoms with Crippen LogP contribution in [-0.2, 0) is 0 Å². The molecule has 0 aliphatic rings. The second kappa shape index (κ2) is 4.75. The average Bonchev–Trinajstić information content (AvgIpc) is 2.35. The molecule has 0 saturated heterocycles. The van der Waals surface area contributed by atoms with Gasteiger partial charge in [0.2, 0.25) is 0 Å². The Morgan fingerprint density at radius 2 is 2.00 bits per heavy atom. The van der Waals surface area contributed by atoms with E-state index in [1.54, 1.807) is 0 Å². The maximum atomic E-state index is 10.9. The van der Waals surface area contributed by atoms with E-state index in [1.807, 2.05) is 36.4 Å². The summed E-state index contributed by atoms with van der Waals surface area (Å²) in [7, 11) is 0. The third-order valence-corrected chi connectivity index (χ3v) is 2.56. The van der Waals surface area contributed by atoms with Crippen molar-refractivity contribution in [3.8, 4) is 0 Å². The SMILES string of the molecule is CCCNc1ccc2ccccc2c1N=O. The molecule has 0 saturated carbocycles. The van der Waals surface area contributed by atoms with Crippen molar-refractivity contribution in [2.24, 2.45) is 5.18 Å². The van der Waals surface area contributed by atoms with E-state index < -0.39 is 0 Å². The molecule has 0 fully saturated rings. The second-order valence-electron chi connectivity index (χ2n) is 3.70. The third kappa shape index (κ3) is 1.89. The van der Waals surface area contributed by atoms with E-state index in [0.29, 0.717) is 5.69 Å². The molecule has 82 valence electrons. The lowest BCUT2D eigenvalue weighted by Crippen LogP contribution is -1.99. The summed E-state index contributed by atoms with van der Waals surface area (Å²) >= 11 is 0. The third-order valence-electron chi connectivity index (χ3n) is 2.56. The maximum absolute atomic E-state index is 10.9. The quantitative estimate of drug-likeness (QED) is 0.780. The van der Waals surface area contributed by atoms with Gasteiger partial charge in [-0.05, 0) is 23.1 Å². The maximum Gasteiger partial charge on any atom is 0.138 e. The zero-order valence-electron chi connectivity index (χ0n) is 9.23. The first-order valence-electron chi connectivity index (χ1n) is 5.45. The fraction of sp³-hybridized carbons (Fsp3) is 0.231. The Hall–Kier alpha value is -1.90. The second-order valence-corrected chi connectivity index (χ2v) is 3.70. The number of hydrogen-bond donors (Lipinski definition) is 1.